The molecule has 1 amide bonds. The summed E-state index contributed by atoms with van der Waals surface area (Å²) >= 11 is 7.61. The maximum absolute atomic E-state index is 12.2. The summed E-state index contributed by atoms with van der Waals surface area (Å²) in [5.74, 6) is -0.0617. The van der Waals surface area contributed by atoms with E-state index < -0.39 is 0 Å². The van der Waals surface area contributed by atoms with Gasteiger partial charge in [-0.05, 0) is 50.6 Å². The minimum absolute atomic E-state index is 0.0617. The molecule has 4 nitrogen and oxygen atoms in total. The predicted octanol–water partition coefficient (Wildman–Crippen LogP) is 3.88. The first kappa shape index (κ1) is 16.4. The molecule has 1 aliphatic rings. The Balaban J connectivity index is 1.57. The van der Waals surface area contributed by atoms with E-state index in [1.807, 2.05) is 24.4 Å². The molecule has 0 radical (unpaired) electrons. The highest BCUT2D eigenvalue weighted by molar-refractivity contribution is 7.09. The van der Waals surface area contributed by atoms with Crippen molar-refractivity contribution >= 4 is 34.5 Å². The normalized spacial score (nSPS) is 15.0. The van der Waals surface area contributed by atoms with Gasteiger partial charge in [-0.25, -0.2) is 4.98 Å². The second kappa shape index (κ2) is 7.43. The molecule has 3 rings (SSSR count). The predicted molar refractivity (Wildman–Crippen MR) is 95.1 cm³/mol. The Hall–Kier alpha value is -1.43. The van der Waals surface area contributed by atoms with Gasteiger partial charge in [-0.1, -0.05) is 17.7 Å². The Morgan fingerprint density at radius 1 is 1.39 bits per heavy atom. The van der Waals surface area contributed by atoms with Crippen molar-refractivity contribution in [2.24, 2.45) is 0 Å². The molecule has 0 bridgehead atoms. The maximum Gasteiger partial charge on any atom is 0.230 e. The molecule has 1 N–H and O–H groups in total. The highest BCUT2D eigenvalue weighted by Gasteiger charge is 2.15. The minimum atomic E-state index is -0.0617. The number of likely N-dealkylation sites (tertiary alicyclic amines) is 1. The van der Waals surface area contributed by atoms with Gasteiger partial charge < -0.3 is 5.32 Å². The molecule has 0 spiro atoms. The van der Waals surface area contributed by atoms with Crippen LogP contribution in [0.4, 0.5) is 5.69 Å². The van der Waals surface area contributed by atoms with Gasteiger partial charge >= 0.3 is 0 Å². The smallest absolute Gasteiger partial charge is 0.230 e. The highest BCUT2D eigenvalue weighted by atomic mass is 35.5. The Bertz CT molecular complexity index is 695. The first-order chi connectivity index (χ1) is 11.1. The third kappa shape index (κ3) is 4.53. The van der Waals surface area contributed by atoms with Crippen molar-refractivity contribution < 1.29 is 4.79 Å². The van der Waals surface area contributed by atoms with Crippen molar-refractivity contribution in [3.05, 3.63) is 44.9 Å². The summed E-state index contributed by atoms with van der Waals surface area (Å²) in [6, 6.07) is 5.49. The van der Waals surface area contributed by atoms with Gasteiger partial charge in [0, 0.05) is 16.1 Å². The van der Waals surface area contributed by atoms with Crippen molar-refractivity contribution in [3.63, 3.8) is 0 Å². The van der Waals surface area contributed by atoms with Gasteiger partial charge in [0.25, 0.3) is 0 Å². The Morgan fingerprint density at radius 2 is 2.17 bits per heavy atom. The van der Waals surface area contributed by atoms with E-state index >= 15 is 0 Å². The van der Waals surface area contributed by atoms with Crippen molar-refractivity contribution in [1.82, 2.24) is 9.88 Å². The van der Waals surface area contributed by atoms with Crippen molar-refractivity contribution in [2.45, 2.75) is 32.7 Å². The Labute approximate surface area is 145 Å². The number of nitrogens with one attached hydrogen (secondary N) is 1. The van der Waals surface area contributed by atoms with Crippen molar-refractivity contribution in [3.8, 4) is 0 Å². The van der Waals surface area contributed by atoms with Gasteiger partial charge in [0.15, 0.2) is 0 Å². The number of halogens is 1. The van der Waals surface area contributed by atoms with Crippen LogP contribution in [0.15, 0.2) is 23.6 Å². The molecule has 0 unspecified atom stereocenters. The zero-order valence-corrected chi connectivity index (χ0v) is 14.7. The number of hydrogen-bond donors (Lipinski definition) is 1. The van der Waals surface area contributed by atoms with Crippen LogP contribution in [0.25, 0.3) is 0 Å². The van der Waals surface area contributed by atoms with Crippen LogP contribution in [0.2, 0.25) is 5.02 Å². The molecule has 1 fully saturated rings. The average Bonchev–Trinajstić information content (AvgIpc) is 3.15. The van der Waals surface area contributed by atoms with Crippen LogP contribution >= 0.6 is 22.9 Å². The fraction of sp³-hybridized carbons (Fsp3) is 0.412. The van der Waals surface area contributed by atoms with Gasteiger partial charge in [0.2, 0.25) is 5.91 Å². The summed E-state index contributed by atoms with van der Waals surface area (Å²) < 4.78 is 0. The van der Waals surface area contributed by atoms with Gasteiger partial charge in [-0.15, -0.1) is 11.3 Å². The second-order valence-electron chi connectivity index (χ2n) is 5.90. The van der Waals surface area contributed by atoms with Crippen LogP contribution in [-0.4, -0.2) is 28.9 Å². The van der Waals surface area contributed by atoms with Crippen LogP contribution in [-0.2, 0) is 17.8 Å². The SMILES string of the molecule is Cc1ccc(Cl)cc1NC(=O)Cc1csc(CN2CCCC2)n1. The summed E-state index contributed by atoms with van der Waals surface area (Å²) in [6.45, 7) is 5.16. The largest absolute Gasteiger partial charge is 0.325 e. The highest BCUT2D eigenvalue weighted by Crippen LogP contribution is 2.21. The Kier molecular flexibility index (Phi) is 5.30. The lowest BCUT2D eigenvalue weighted by atomic mass is 10.2. The van der Waals surface area contributed by atoms with Gasteiger partial charge in [-0.3, -0.25) is 9.69 Å². The molecule has 0 saturated carbocycles. The van der Waals surface area contributed by atoms with E-state index in [1.54, 1.807) is 17.4 Å². The van der Waals surface area contributed by atoms with Crippen LogP contribution in [0.3, 0.4) is 0 Å². The van der Waals surface area contributed by atoms with Gasteiger partial charge in [-0.2, -0.15) is 0 Å². The number of aromatic nitrogens is 1. The zero-order chi connectivity index (χ0) is 16.2. The van der Waals surface area contributed by atoms with Crippen LogP contribution in [0, 0.1) is 6.92 Å². The van der Waals surface area contributed by atoms with E-state index in [0.29, 0.717) is 11.4 Å². The summed E-state index contributed by atoms with van der Waals surface area (Å²) in [4.78, 5) is 19.2. The number of hydrogen-bond acceptors (Lipinski definition) is 4. The fourth-order valence-corrected chi connectivity index (χ4v) is 3.73. The molecule has 1 aromatic heterocycles. The van der Waals surface area contributed by atoms with Crippen molar-refractivity contribution in [2.75, 3.05) is 18.4 Å². The van der Waals surface area contributed by atoms with Crippen molar-refractivity contribution in [1.29, 1.82) is 0 Å². The van der Waals surface area contributed by atoms with E-state index in [2.05, 4.69) is 15.2 Å². The third-order valence-electron chi connectivity index (χ3n) is 3.97. The summed E-state index contributed by atoms with van der Waals surface area (Å²) in [7, 11) is 0. The average molecular weight is 350 g/mol. The second-order valence-corrected chi connectivity index (χ2v) is 7.28. The quantitative estimate of drug-likeness (QED) is 0.890. The topological polar surface area (TPSA) is 45.2 Å². The van der Waals surface area contributed by atoms with Gasteiger partial charge in [0.1, 0.15) is 5.01 Å². The van der Waals surface area contributed by atoms with E-state index in [4.69, 9.17) is 11.6 Å². The zero-order valence-electron chi connectivity index (χ0n) is 13.1. The maximum atomic E-state index is 12.2. The molecule has 0 atom stereocenters. The molecular formula is C17H20ClN3OS. The first-order valence-corrected chi connectivity index (χ1v) is 9.07. The molecule has 122 valence electrons. The third-order valence-corrected chi connectivity index (χ3v) is 5.09. The number of rotatable bonds is 5. The monoisotopic (exact) mass is 349 g/mol. The number of benzene rings is 1. The molecular weight excluding hydrogens is 330 g/mol. The van der Waals surface area contributed by atoms with E-state index in [1.165, 1.54) is 12.8 Å². The number of thiazole rings is 1. The number of carbonyl (C=O) groups is 1. The van der Waals surface area contributed by atoms with Crippen LogP contribution in [0.1, 0.15) is 29.1 Å². The number of amides is 1. The molecule has 2 heterocycles. The van der Waals surface area contributed by atoms with Crippen LogP contribution < -0.4 is 5.32 Å². The van der Waals surface area contributed by atoms with Crippen LogP contribution in [0.5, 0.6) is 0 Å². The summed E-state index contributed by atoms with van der Waals surface area (Å²) in [6.07, 6.45) is 2.85. The van der Waals surface area contributed by atoms with E-state index in [-0.39, 0.29) is 5.91 Å². The molecule has 2 aromatic rings. The number of aryl methyl sites for hydroxylation is 1. The number of carbonyl (C=O) groups excluding carboxylic acids is 1. The summed E-state index contributed by atoms with van der Waals surface area (Å²) in [5, 5.41) is 6.60. The lowest BCUT2D eigenvalue weighted by molar-refractivity contribution is -0.115. The van der Waals surface area contributed by atoms with E-state index in [0.717, 1.165) is 41.6 Å². The lowest BCUT2D eigenvalue weighted by Crippen LogP contribution is -2.18. The molecule has 1 aromatic carbocycles. The van der Waals surface area contributed by atoms with E-state index in [9.17, 15) is 4.79 Å². The molecule has 6 heteroatoms. The molecule has 0 aliphatic carbocycles. The Morgan fingerprint density at radius 3 is 2.96 bits per heavy atom. The summed E-state index contributed by atoms with van der Waals surface area (Å²) in [5.41, 5.74) is 2.59. The molecule has 1 aliphatic heterocycles. The minimum Gasteiger partial charge on any atom is -0.325 e. The molecule has 23 heavy (non-hydrogen) atoms. The fourth-order valence-electron chi connectivity index (χ4n) is 2.72. The lowest BCUT2D eigenvalue weighted by Gasteiger charge is -2.11. The molecule has 1 saturated heterocycles. The number of anilines is 1. The first-order valence-electron chi connectivity index (χ1n) is 7.82. The number of nitrogens with zero attached hydrogens (tertiary/aromatic N) is 2. The van der Waals surface area contributed by atoms with Gasteiger partial charge in [0.05, 0.1) is 18.7 Å². The standard InChI is InChI=1S/C17H20ClN3OS/c1-12-4-5-13(18)8-15(12)20-16(22)9-14-11-23-17(19-14)10-21-6-2-3-7-21/h4-5,8,11H,2-3,6-7,9-10H2,1H3,(H,20,22).